The number of imidazole rings is 1. The average molecular weight is 473 g/mol. The first-order valence-electron chi connectivity index (χ1n) is 12.5. The summed E-state index contributed by atoms with van der Waals surface area (Å²) in [6.07, 6.45) is 5.30. The molecule has 1 atom stereocenters. The maximum Gasteiger partial charge on any atom is 0.253 e. The zero-order valence-electron chi connectivity index (χ0n) is 20.3. The summed E-state index contributed by atoms with van der Waals surface area (Å²) >= 11 is 0. The van der Waals surface area contributed by atoms with Crippen molar-refractivity contribution < 1.29 is 9.90 Å². The lowest BCUT2D eigenvalue weighted by Crippen LogP contribution is -2.45. The standard InChI is InChI=1S/C27H32N6O2/c1-27(35)13-17(14-27)15-33-23(12-18-5-3-9-29-24(18)33)25-30-21-11-19(7-8-22(21)31(25)2)26(34)32-10-4-6-20(28)16-32/h3,5,7-9,11-12,17,20,35H,4,6,10,13-16,28H2,1-2H3/t17?,20-,27?/m1/s1. The fraction of sp³-hybridized carbons (Fsp3) is 0.444. The largest absolute Gasteiger partial charge is 0.390 e. The van der Waals surface area contributed by atoms with Crippen molar-refractivity contribution in [1.29, 1.82) is 0 Å². The Balaban J connectivity index is 1.39. The van der Waals surface area contributed by atoms with Gasteiger partial charge in [-0.2, -0.15) is 0 Å². The number of likely N-dealkylation sites (tertiary alicyclic amines) is 1. The molecule has 1 saturated heterocycles. The molecule has 0 bridgehead atoms. The molecule has 0 unspecified atom stereocenters. The van der Waals surface area contributed by atoms with Crippen LogP contribution in [0, 0.1) is 5.92 Å². The van der Waals surface area contributed by atoms with Crippen molar-refractivity contribution >= 4 is 28.0 Å². The molecule has 8 heteroatoms. The van der Waals surface area contributed by atoms with Gasteiger partial charge in [-0.25, -0.2) is 9.97 Å². The Morgan fingerprint density at radius 2 is 2.09 bits per heavy atom. The van der Waals surface area contributed by atoms with Gasteiger partial charge in [0.1, 0.15) is 5.65 Å². The highest BCUT2D eigenvalue weighted by molar-refractivity contribution is 5.98. The van der Waals surface area contributed by atoms with Crippen LogP contribution in [0.15, 0.2) is 42.6 Å². The molecular formula is C27H32N6O2. The molecule has 4 aromatic rings. The summed E-state index contributed by atoms with van der Waals surface area (Å²) in [6, 6.07) is 12.0. The van der Waals surface area contributed by atoms with Crippen molar-refractivity contribution in [1.82, 2.24) is 24.0 Å². The Morgan fingerprint density at radius 1 is 1.26 bits per heavy atom. The van der Waals surface area contributed by atoms with Crippen molar-refractivity contribution in [3.63, 3.8) is 0 Å². The number of aliphatic hydroxyl groups is 1. The second-order valence-corrected chi connectivity index (χ2v) is 10.7. The van der Waals surface area contributed by atoms with Crippen molar-refractivity contribution in [3.8, 4) is 11.5 Å². The summed E-state index contributed by atoms with van der Waals surface area (Å²) in [5.74, 6) is 1.26. The lowest BCUT2D eigenvalue weighted by atomic mass is 9.72. The number of hydrogen-bond donors (Lipinski definition) is 2. The highest BCUT2D eigenvalue weighted by Crippen LogP contribution is 2.40. The van der Waals surface area contributed by atoms with Gasteiger partial charge >= 0.3 is 0 Å². The molecule has 0 spiro atoms. The molecule has 0 radical (unpaired) electrons. The van der Waals surface area contributed by atoms with E-state index in [9.17, 15) is 9.90 Å². The number of aromatic nitrogens is 4. The molecule has 1 aliphatic carbocycles. The van der Waals surface area contributed by atoms with Crippen LogP contribution in [0.25, 0.3) is 33.6 Å². The van der Waals surface area contributed by atoms with Crippen molar-refractivity contribution in [2.24, 2.45) is 18.7 Å². The lowest BCUT2D eigenvalue weighted by molar-refractivity contribution is -0.0613. The zero-order valence-corrected chi connectivity index (χ0v) is 20.3. The van der Waals surface area contributed by atoms with E-state index in [1.165, 1.54) is 0 Å². The molecular weight excluding hydrogens is 440 g/mol. The van der Waals surface area contributed by atoms with Gasteiger partial charge in [-0.15, -0.1) is 0 Å². The van der Waals surface area contributed by atoms with Gasteiger partial charge in [0, 0.05) is 49.9 Å². The Labute approximate surface area is 204 Å². The van der Waals surface area contributed by atoms with E-state index in [2.05, 4.69) is 26.3 Å². The number of hydrogen-bond acceptors (Lipinski definition) is 5. The van der Waals surface area contributed by atoms with Gasteiger partial charge in [-0.05, 0) is 74.9 Å². The zero-order chi connectivity index (χ0) is 24.3. The van der Waals surface area contributed by atoms with Crippen LogP contribution in [0.4, 0.5) is 0 Å². The Bertz CT molecular complexity index is 1430. The number of rotatable bonds is 4. The van der Waals surface area contributed by atoms with Gasteiger partial charge in [-0.3, -0.25) is 4.79 Å². The smallest absolute Gasteiger partial charge is 0.253 e. The second-order valence-electron chi connectivity index (χ2n) is 10.7. The third-order valence-corrected chi connectivity index (χ3v) is 7.66. The number of aryl methyl sites for hydroxylation is 1. The van der Waals surface area contributed by atoms with Crippen LogP contribution in [-0.4, -0.2) is 59.7 Å². The fourth-order valence-corrected chi connectivity index (χ4v) is 5.97. The molecule has 3 aromatic heterocycles. The number of carbonyl (C=O) groups excluding carboxylic acids is 1. The minimum atomic E-state index is -0.569. The molecule has 6 rings (SSSR count). The van der Waals surface area contributed by atoms with Crippen molar-refractivity contribution in [3.05, 3.63) is 48.2 Å². The minimum absolute atomic E-state index is 0.0182. The lowest BCUT2D eigenvalue weighted by Gasteiger charge is -2.41. The van der Waals surface area contributed by atoms with Gasteiger partial charge in [0.05, 0.1) is 22.3 Å². The monoisotopic (exact) mass is 472 g/mol. The molecule has 3 N–H and O–H groups in total. The summed E-state index contributed by atoms with van der Waals surface area (Å²) in [6.45, 7) is 4.04. The van der Waals surface area contributed by atoms with Gasteiger partial charge in [-0.1, -0.05) is 0 Å². The third-order valence-electron chi connectivity index (χ3n) is 7.66. The van der Waals surface area contributed by atoms with E-state index < -0.39 is 5.60 Å². The summed E-state index contributed by atoms with van der Waals surface area (Å²) < 4.78 is 4.32. The van der Waals surface area contributed by atoms with Gasteiger partial charge in [0.15, 0.2) is 5.82 Å². The predicted molar refractivity (Wildman–Crippen MR) is 136 cm³/mol. The predicted octanol–water partition coefficient (Wildman–Crippen LogP) is 3.31. The molecule has 1 aliphatic heterocycles. The Hall–Kier alpha value is -3.23. The SMILES string of the molecule is Cn1c(-c2cc3cccnc3n2CC2CC(C)(O)C2)nc2cc(C(=O)N3CCC[C@@H](N)C3)ccc21. The van der Waals surface area contributed by atoms with E-state index in [0.29, 0.717) is 18.0 Å². The van der Waals surface area contributed by atoms with E-state index in [1.807, 2.05) is 49.3 Å². The molecule has 1 amide bonds. The Kier molecular flexibility index (Phi) is 5.19. The van der Waals surface area contributed by atoms with Gasteiger partial charge < -0.3 is 24.9 Å². The molecule has 1 saturated carbocycles. The van der Waals surface area contributed by atoms with Crippen LogP contribution in [0.2, 0.25) is 0 Å². The molecule has 2 fully saturated rings. The van der Waals surface area contributed by atoms with Crippen LogP contribution in [0.1, 0.15) is 43.0 Å². The van der Waals surface area contributed by atoms with Crippen LogP contribution in [0.3, 0.4) is 0 Å². The van der Waals surface area contributed by atoms with Gasteiger partial charge in [0.25, 0.3) is 5.91 Å². The quantitative estimate of drug-likeness (QED) is 0.474. The van der Waals surface area contributed by atoms with Crippen molar-refractivity contribution in [2.75, 3.05) is 13.1 Å². The number of piperidine rings is 1. The van der Waals surface area contributed by atoms with E-state index in [-0.39, 0.29) is 11.9 Å². The fourth-order valence-electron chi connectivity index (χ4n) is 5.97. The molecule has 182 valence electrons. The summed E-state index contributed by atoms with van der Waals surface area (Å²) in [4.78, 5) is 24.6. The number of fused-ring (bicyclic) bond motifs is 2. The summed E-state index contributed by atoms with van der Waals surface area (Å²) in [5.41, 5.74) is 9.88. The molecule has 2 aliphatic rings. The highest BCUT2D eigenvalue weighted by Gasteiger charge is 2.39. The minimum Gasteiger partial charge on any atom is -0.390 e. The number of nitrogens with zero attached hydrogens (tertiary/aromatic N) is 5. The van der Waals surface area contributed by atoms with E-state index in [0.717, 1.165) is 72.4 Å². The maximum absolute atomic E-state index is 13.1. The third kappa shape index (κ3) is 3.90. The first-order valence-corrected chi connectivity index (χ1v) is 12.5. The topological polar surface area (TPSA) is 102 Å². The summed E-state index contributed by atoms with van der Waals surface area (Å²) in [7, 11) is 2.01. The number of pyridine rings is 1. The maximum atomic E-state index is 13.1. The number of nitrogens with two attached hydrogens (primary N) is 1. The molecule has 35 heavy (non-hydrogen) atoms. The van der Waals surface area contributed by atoms with Crippen LogP contribution < -0.4 is 5.73 Å². The van der Waals surface area contributed by atoms with Crippen molar-refractivity contribution in [2.45, 2.75) is 50.8 Å². The first-order chi connectivity index (χ1) is 16.8. The average Bonchev–Trinajstić information content (AvgIpc) is 3.34. The van der Waals surface area contributed by atoms with E-state index in [1.54, 1.807) is 0 Å². The highest BCUT2D eigenvalue weighted by atomic mass is 16.3. The van der Waals surface area contributed by atoms with Crippen LogP contribution in [-0.2, 0) is 13.6 Å². The normalized spacial score (nSPS) is 24.7. The van der Waals surface area contributed by atoms with Crippen LogP contribution in [0.5, 0.6) is 0 Å². The second kappa shape index (κ2) is 8.17. The van der Waals surface area contributed by atoms with E-state index in [4.69, 9.17) is 10.7 Å². The van der Waals surface area contributed by atoms with E-state index >= 15 is 0 Å². The summed E-state index contributed by atoms with van der Waals surface area (Å²) in [5, 5.41) is 11.3. The number of amides is 1. The number of carbonyl (C=O) groups is 1. The number of benzene rings is 1. The molecule has 8 nitrogen and oxygen atoms in total. The Morgan fingerprint density at radius 3 is 2.86 bits per heavy atom. The first kappa shape index (κ1) is 22.2. The van der Waals surface area contributed by atoms with Gasteiger partial charge in [0.2, 0.25) is 0 Å². The van der Waals surface area contributed by atoms with Crippen LogP contribution >= 0.6 is 0 Å². The molecule has 4 heterocycles. The molecule has 1 aromatic carbocycles.